The summed E-state index contributed by atoms with van der Waals surface area (Å²) in [6.45, 7) is 4.57. The molecular weight excluding hydrogens is 390 g/mol. The van der Waals surface area contributed by atoms with Crippen LogP contribution < -0.4 is 10.9 Å². The first kappa shape index (κ1) is 20.7. The number of hydrogen-bond donors (Lipinski definition) is 1. The molecule has 1 aromatic carbocycles. The number of aromatic nitrogens is 4. The molecule has 0 saturated carbocycles. The van der Waals surface area contributed by atoms with E-state index in [4.69, 9.17) is 0 Å². The monoisotopic (exact) mass is 415 g/mol. The van der Waals surface area contributed by atoms with Crippen molar-refractivity contribution in [3.63, 3.8) is 0 Å². The van der Waals surface area contributed by atoms with Crippen LogP contribution in [0.2, 0.25) is 0 Å². The summed E-state index contributed by atoms with van der Waals surface area (Å²) in [6, 6.07) is 9.15. The zero-order valence-electron chi connectivity index (χ0n) is 17.7. The molecular formula is C24H25N5O2. The predicted octanol–water partition coefficient (Wildman–Crippen LogP) is 3.51. The zero-order valence-corrected chi connectivity index (χ0v) is 17.7. The Kier molecular flexibility index (Phi) is 6.02. The highest BCUT2D eigenvalue weighted by Crippen LogP contribution is 2.25. The fourth-order valence-electron chi connectivity index (χ4n) is 3.79. The normalized spacial score (nSPS) is 11.3. The van der Waals surface area contributed by atoms with E-state index in [1.165, 1.54) is 10.7 Å². The maximum Gasteiger partial charge on any atom is 0.266 e. The van der Waals surface area contributed by atoms with Gasteiger partial charge >= 0.3 is 0 Å². The van der Waals surface area contributed by atoms with Crippen LogP contribution in [0.25, 0.3) is 16.6 Å². The van der Waals surface area contributed by atoms with Gasteiger partial charge in [-0.1, -0.05) is 26.0 Å². The van der Waals surface area contributed by atoms with Crippen LogP contribution in [-0.4, -0.2) is 31.8 Å². The molecule has 3 heterocycles. The van der Waals surface area contributed by atoms with Gasteiger partial charge in [0, 0.05) is 25.1 Å². The van der Waals surface area contributed by atoms with E-state index in [2.05, 4.69) is 20.3 Å². The first-order valence-corrected chi connectivity index (χ1v) is 10.5. The molecule has 0 radical (unpaired) electrons. The Balaban J connectivity index is 1.60. The minimum Gasteiger partial charge on any atom is -0.352 e. The van der Waals surface area contributed by atoms with E-state index >= 15 is 0 Å². The molecule has 0 aliphatic heterocycles. The number of carbonyl (C=O) groups excluding carboxylic acids is 1. The summed E-state index contributed by atoms with van der Waals surface area (Å²) < 4.78 is 1.49. The van der Waals surface area contributed by atoms with Crippen LogP contribution in [0.4, 0.5) is 0 Å². The highest BCUT2D eigenvalue weighted by Gasteiger charge is 2.21. The van der Waals surface area contributed by atoms with Gasteiger partial charge in [-0.3, -0.25) is 14.0 Å². The lowest BCUT2D eigenvalue weighted by atomic mass is 9.93. The minimum absolute atomic E-state index is 0.0964. The average Bonchev–Trinajstić information content (AvgIpc) is 2.78. The van der Waals surface area contributed by atoms with Crippen molar-refractivity contribution < 1.29 is 4.79 Å². The number of carbonyl (C=O) groups is 1. The van der Waals surface area contributed by atoms with E-state index in [-0.39, 0.29) is 17.4 Å². The van der Waals surface area contributed by atoms with Crippen LogP contribution in [0.3, 0.4) is 0 Å². The molecule has 0 aliphatic rings. The van der Waals surface area contributed by atoms with Gasteiger partial charge in [-0.05, 0) is 54.5 Å². The number of amides is 1. The van der Waals surface area contributed by atoms with Crippen molar-refractivity contribution in [1.82, 2.24) is 24.7 Å². The third kappa shape index (κ3) is 4.30. The van der Waals surface area contributed by atoms with Gasteiger partial charge in [0.1, 0.15) is 12.0 Å². The predicted molar refractivity (Wildman–Crippen MR) is 120 cm³/mol. The molecule has 0 unspecified atom stereocenters. The summed E-state index contributed by atoms with van der Waals surface area (Å²) >= 11 is 0. The third-order valence-corrected chi connectivity index (χ3v) is 5.36. The Morgan fingerprint density at radius 2 is 1.90 bits per heavy atom. The van der Waals surface area contributed by atoms with Gasteiger partial charge in [-0.15, -0.1) is 0 Å². The van der Waals surface area contributed by atoms with Crippen LogP contribution in [0.15, 0.2) is 60.0 Å². The second-order valence-electron chi connectivity index (χ2n) is 7.88. The number of rotatable bonds is 7. The van der Waals surface area contributed by atoms with E-state index in [1.54, 1.807) is 30.7 Å². The number of benzene rings is 1. The molecule has 4 rings (SSSR count). The summed E-state index contributed by atoms with van der Waals surface area (Å²) in [5.41, 5.74) is 3.23. The second kappa shape index (κ2) is 9.04. The second-order valence-corrected chi connectivity index (χ2v) is 7.88. The van der Waals surface area contributed by atoms with Crippen LogP contribution in [0, 0.1) is 0 Å². The van der Waals surface area contributed by atoms with Crippen molar-refractivity contribution in [1.29, 1.82) is 0 Å². The third-order valence-electron chi connectivity index (χ3n) is 5.36. The molecule has 0 spiro atoms. The number of nitrogens with zero attached hydrogens (tertiary/aromatic N) is 4. The SMILES string of the molecule is CC(C)c1ccc2nc3ccccn3c(=O)c2c1C(=O)NCCCCc1cncnc1. The molecule has 0 atom stereocenters. The van der Waals surface area contributed by atoms with Gasteiger partial charge in [0.25, 0.3) is 11.5 Å². The highest BCUT2D eigenvalue weighted by molar-refractivity contribution is 6.07. The summed E-state index contributed by atoms with van der Waals surface area (Å²) in [6.07, 6.45) is 9.40. The topological polar surface area (TPSA) is 89.3 Å². The van der Waals surface area contributed by atoms with Gasteiger partial charge in [0.05, 0.1) is 16.5 Å². The fraction of sp³-hybridized carbons (Fsp3) is 0.292. The standard InChI is InChI=1S/C24H25N5O2/c1-16(2)18-9-10-19-22(24(31)29-12-6-4-8-20(29)28-19)21(18)23(30)27-11-5-3-7-17-13-25-15-26-14-17/h4,6,8-10,12-16H,3,5,7,11H2,1-2H3,(H,27,30). The lowest BCUT2D eigenvalue weighted by molar-refractivity contribution is 0.0953. The van der Waals surface area contributed by atoms with E-state index in [9.17, 15) is 9.59 Å². The van der Waals surface area contributed by atoms with Crippen molar-refractivity contribution >= 4 is 22.5 Å². The summed E-state index contributed by atoms with van der Waals surface area (Å²) in [5, 5.41) is 3.37. The number of hydrogen-bond acceptors (Lipinski definition) is 5. The lowest BCUT2D eigenvalue weighted by Gasteiger charge is -2.15. The molecule has 3 aromatic heterocycles. The van der Waals surface area contributed by atoms with Gasteiger partial charge in [-0.2, -0.15) is 0 Å². The Morgan fingerprint density at radius 1 is 1.10 bits per heavy atom. The number of unbranched alkanes of at least 4 members (excludes halogenated alkanes) is 1. The zero-order chi connectivity index (χ0) is 21.8. The van der Waals surface area contributed by atoms with Gasteiger partial charge in [0.2, 0.25) is 0 Å². The molecule has 0 aliphatic carbocycles. The summed E-state index contributed by atoms with van der Waals surface area (Å²) in [7, 11) is 0. The number of fused-ring (bicyclic) bond motifs is 2. The van der Waals surface area contributed by atoms with Crippen LogP contribution >= 0.6 is 0 Å². The highest BCUT2D eigenvalue weighted by atomic mass is 16.2. The molecule has 4 aromatic rings. The fourth-order valence-corrected chi connectivity index (χ4v) is 3.79. The minimum atomic E-state index is -0.230. The molecule has 7 heteroatoms. The van der Waals surface area contributed by atoms with E-state index in [1.807, 2.05) is 32.0 Å². The summed E-state index contributed by atoms with van der Waals surface area (Å²) in [5.74, 6) is -0.133. The van der Waals surface area contributed by atoms with Gasteiger partial charge in [0.15, 0.2) is 0 Å². The van der Waals surface area contributed by atoms with Crippen molar-refractivity contribution in [2.45, 2.75) is 39.0 Å². The molecule has 0 bridgehead atoms. The number of pyridine rings is 1. The smallest absolute Gasteiger partial charge is 0.266 e. The van der Waals surface area contributed by atoms with E-state index < -0.39 is 0 Å². The van der Waals surface area contributed by atoms with Crippen LogP contribution in [0.1, 0.15) is 54.1 Å². The number of nitrogens with one attached hydrogen (secondary N) is 1. The Bertz CT molecular complexity index is 1280. The van der Waals surface area contributed by atoms with E-state index in [0.29, 0.717) is 28.7 Å². The Labute approximate surface area is 180 Å². The largest absolute Gasteiger partial charge is 0.352 e. The first-order chi connectivity index (χ1) is 15.1. The molecule has 1 N–H and O–H groups in total. The molecule has 31 heavy (non-hydrogen) atoms. The molecule has 0 fully saturated rings. The first-order valence-electron chi connectivity index (χ1n) is 10.5. The van der Waals surface area contributed by atoms with Crippen molar-refractivity contribution in [3.05, 3.63) is 82.3 Å². The van der Waals surface area contributed by atoms with Gasteiger partial charge < -0.3 is 5.32 Å². The maximum atomic E-state index is 13.3. The van der Waals surface area contributed by atoms with Crippen molar-refractivity contribution in [2.24, 2.45) is 0 Å². The van der Waals surface area contributed by atoms with Gasteiger partial charge in [-0.25, -0.2) is 15.0 Å². The molecule has 0 saturated heterocycles. The number of aryl methyl sites for hydroxylation is 1. The van der Waals surface area contributed by atoms with Crippen molar-refractivity contribution in [3.8, 4) is 0 Å². The average molecular weight is 415 g/mol. The molecule has 158 valence electrons. The maximum absolute atomic E-state index is 13.3. The van der Waals surface area contributed by atoms with Crippen molar-refractivity contribution in [2.75, 3.05) is 6.54 Å². The molecule has 7 nitrogen and oxygen atoms in total. The van der Waals surface area contributed by atoms with Crippen LogP contribution in [0.5, 0.6) is 0 Å². The quantitative estimate of drug-likeness (QED) is 0.369. The summed E-state index contributed by atoms with van der Waals surface area (Å²) in [4.78, 5) is 39.1. The Hall–Kier alpha value is -3.61. The Morgan fingerprint density at radius 3 is 2.68 bits per heavy atom. The molecule has 1 amide bonds. The van der Waals surface area contributed by atoms with Crippen LogP contribution in [-0.2, 0) is 6.42 Å². The lowest BCUT2D eigenvalue weighted by Crippen LogP contribution is -2.28. The van der Waals surface area contributed by atoms with E-state index in [0.717, 1.165) is 30.4 Å².